The summed E-state index contributed by atoms with van der Waals surface area (Å²) in [6, 6.07) is 0. The lowest BCUT2D eigenvalue weighted by atomic mass is 9.72. The van der Waals surface area contributed by atoms with E-state index in [0.29, 0.717) is 0 Å². The first-order valence-electron chi connectivity index (χ1n) is 6.85. The van der Waals surface area contributed by atoms with Crippen LogP contribution in [-0.2, 0) is 0 Å². The number of fused-ring (bicyclic) bond motifs is 1. The minimum atomic E-state index is 1.08. The molecule has 0 radical (unpaired) electrons. The number of hydrogen-bond acceptors (Lipinski definition) is 0. The largest absolute Gasteiger partial charge is 0.0654 e. The van der Waals surface area contributed by atoms with E-state index in [1.54, 1.807) is 25.7 Å². The van der Waals surface area contributed by atoms with Crippen LogP contribution in [0.2, 0.25) is 0 Å². The van der Waals surface area contributed by atoms with Crippen LogP contribution in [0.15, 0.2) is 0 Å². The van der Waals surface area contributed by atoms with Crippen molar-refractivity contribution in [2.24, 2.45) is 23.7 Å². The average Bonchev–Trinajstić information content (AvgIpc) is 2.61. The van der Waals surface area contributed by atoms with Crippen LogP contribution in [-0.4, -0.2) is 0 Å². The van der Waals surface area contributed by atoms with E-state index >= 15 is 0 Å². The molecule has 0 aromatic rings. The van der Waals surface area contributed by atoms with E-state index in [2.05, 4.69) is 13.8 Å². The Kier molecular flexibility index (Phi) is 3.52. The SMILES string of the molecule is CCCC1CCC2CC(CC)CCC12. The van der Waals surface area contributed by atoms with Gasteiger partial charge in [-0.25, -0.2) is 0 Å². The Hall–Kier alpha value is 0. The van der Waals surface area contributed by atoms with Crippen molar-refractivity contribution in [2.45, 2.75) is 65.2 Å². The summed E-state index contributed by atoms with van der Waals surface area (Å²) in [6.45, 7) is 4.73. The topological polar surface area (TPSA) is 0 Å². The highest BCUT2D eigenvalue weighted by Gasteiger charge is 2.38. The van der Waals surface area contributed by atoms with Gasteiger partial charge in [0.2, 0.25) is 0 Å². The van der Waals surface area contributed by atoms with Crippen molar-refractivity contribution in [3.8, 4) is 0 Å². The van der Waals surface area contributed by atoms with E-state index in [1.165, 1.54) is 25.7 Å². The van der Waals surface area contributed by atoms with Crippen LogP contribution in [0, 0.1) is 23.7 Å². The first kappa shape index (κ1) is 10.5. The normalized spacial score (nSPS) is 42.4. The lowest BCUT2D eigenvalue weighted by molar-refractivity contribution is 0.168. The molecule has 2 fully saturated rings. The maximum Gasteiger partial charge on any atom is -0.0357 e. The summed E-state index contributed by atoms with van der Waals surface area (Å²) in [5.74, 6) is 4.46. The Bertz CT molecular complexity index is 173. The second-order valence-corrected chi connectivity index (χ2v) is 5.64. The van der Waals surface area contributed by atoms with Crippen LogP contribution < -0.4 is 0 Å². The maximum absolute atomic E-state index is 2.38. The molecule has 0 aromatic carbocycles. The lowest BCUT2D eigenvalue weighted by Gasteiger charge is -2.34. The highest BCUT2D eigenvalue weighted by atomic mass is 14.4. The summed E-state index contributed by atoms with van der Waals surface area (Å²) < 4.78 is 0. The standard InChI is InChI=1S/C14H26/c1-3-5-12-7-8-13-10-11(4-2)6-9-14(12)13/h11-14H,3-10H2,1-2H3. The summed E-state index contributed by atoms with van der Waals surface area (Å²) >= 11 is 0. The summed E-state index contributed by atoms with van der Waals surface area (Å²) in [5.41, 5.74) is 0. The van der Waals surface area contributed by atoms with Crippen molar-refractivity contribution in [2.75, 3.05) is 0 Å². The molecule has 2 rings (SSSR count). The molecule has 4 atom stereocenters. The maximum atomic E-state index is 2.38. The molecule has 4 unspecified atom stereocenters. The third-order valence-electron chi connectivity index (χ3n) is 4.90. The molecule has 14 heavy (non-hydrogen) atoms. The van der Waals surface area contributed by atoms with Gasteiger partial charge in [-0.1, -0.05) is 39.5 Å². The predicted molar refractivity (Wildman–Crippen MR) is 62.2 cm³/mol. The van der Waals surface area contributed by atoms with Gasteiger partial charge in [0.15, 0.2) is 0 Å². The third-order valence-corrected chi connectivity index (χ3v) is 4.90. The molecule has 0 bridgehead atoms. The second kappa shape index (κ2) is 4.68. The van der Waals surface area contributed by atoms with Crippen LogP contribution >= 0.6 is 0 Å². The fourth-order valence-corrected chi connectivity index (χ4v) is 4.08. The molecule has 0 aromatic heterocycles. The molecule has 0 spiro atoms. The number of rotatable bonds is 3. The number of hydrogen-bond donors (Lipinski definition) is 0. The van der Waals surface area contributed by atoms with Gasteiger partial charge in [0.1, 0.15) is 0 Å². The summed E-state index contributed by atoms with van der Waals surface area (Å²) in [7, 11) is 0. The zero-order valence-electron chi connectivity index (χ0n) is 9.97. The Balaban J connectivity index is 1.89. The minimum Gasteiger partial charge on any atom is -0.0654 e. The van der Waals surface area contributed by atoms with Crippen LogP contribution in [0.25, 0.3) is 0 Å². The fourth-order valence-electron chi connectivity index (χ4n) is 4.08. The smallest absolute Gasteiger partial charge is 0.0357 e. The molecule has 0 heteroatoms. The van der Waals surface area contributed by atoms with Gasteiger partial charge >= 0.3 is 0 Å². The molecule has 82 valence electrons. The molecule has 0 saturated heterocycles. The van der Waals surface area contributed by atoms with E-state index < -0.39 is 0 Å². The van der Waals surface area contributed by atoms with E-state index in [-0.39, 0.29) is 0 Å². The van der Waals surface area contributed by atoms with Crippen molar-refractivity contribution < 1.29 is 0 Å². The summed E-state index contributed by atoms with van der Waals surface area (Å²) in [5, 5.41) is 0. The monoisotopic (exact) mass is 194 g/mol. The zero-order chi connectivity index (χ0) is 9.97. The lowest BCUT2D eigenvalue weighted by Crippen LogP contribution is -2.24. The molecule has 0 aliphatic heterocycles. The molecule has 2 aliphatic carbocycles. The van der Waals surface area contributed by atoms with Gasteiger partial charge in [-0.05, 0) is 49.4 Å². The fraction of sp³-hybridized carbons (Fsp3) is 1.00. The molecular weight excluding hydrogens is 168 g/mol. The van der Waals surface area contributed by atoms with Crippen LogP contribution in [0.1, 0.15) is 65.2 Å². The van der Waals surface area contributed by atoms with Gasteiger partial charge in [-0.2, -0.15) is 0 Å². The van der Waals surface area contributed by atoms with Gasteiger partial charge in [0.05, 0.1) is 0 Å². The second-order valence-electron chi connectivity index (χ2n) is 5.64. The van der Waals surface area contributed by atoms with Crippen LogP contribution in [0.5, 0.6) is 0 Å². The van der Waals surface area contributed by atoms with Gasteiger partial charge in [0, 0.05) is 0 Å². The highest BCUT2D eigenvalue weighted by molar-refractivity contribution is 4.89. The molecule has 0 N–H and O–H groups in total. The van der Waals surface area contributed by atoms with E-state index in [4.69, 9.17) is 0 Å². The van der Waals surface area contributed by atoms with Crippen molar-refractivity contribution in [3.63, 3.8) is 0 Å². The van der Waals surface area contributed by atoms with Crippen LogP contribution in [0.4, 0.5) is 0 Å². The highest BCUT2D eigenvalue weighted by Crippen LogP contribution is 2.49. The van der Waals surface area contributed by atoms with Gasteiger partial charge in [-0.15, -0.1) is 0 Å². The minimum absolute atomic E-state index is 1.08. The first-order chi connectivity index (χ1) is 6.85. The molecule has 2 aliphatic rings. The third kappa shape index (κ3) is 1.99. The Morgan fingerprint density at radius 1 is 1.00 bits per heavy atom. The van der Waals surface area contributed by atoms with E-state index in [9.17, 15) is 0 Å². The predicted octanol–water partition coefficient (Wildman–Crippen LogP) is 4.64. The first-order valence-corrected chi connectivity index (χ1v) is 6.85. The van der Waals surface area contributed by atoms with Gasteiger partial charge in [0.25, 0.3) is 0 Å². The van der Waals surface area contributed by atoms with Crippen molar-refractivity contribution in [1.82, 2.24) is 0 Å². The summed E-state index contributed by atoms with van der Waals surface area (Å²) in [4.78, 5) is 0. The van der Waals surface area contributed by atoms with Crippen molar-refractivity contribution >= 4 is 0 Å². The quantitative estimate of drug-likeness (QED) is 0.614. The molecular formula is C14H26. The van der Waals surface area contributed by atoms with Gasteiger partial charge < -0.3 is 0 Å². The molecule has 0 nitrogen and oxygen atoms in total. The van der Waals surface area contributed by atoms with E-state index in [1.807, 2.05) is 0 Å². The van der Waals surface area contributed by atoms with Crippen molar-refractivity contribution in [1.29, 1.82) is 0 Å². The van der Waals surface area contributed by atoms with Crippen LogP contribution in [0.3, 0.4) is 0 Å². The molecule has 0 heterocycles. The van der Waals surface area contributed by atoms with Gasteiger partial charge in [-0.3, -0.25) is 0 Å². The molecule has 0 amide bonds. The zero-order valence-corrected chi connectivity index (χ0v) is 9.97. The van der Waals surface area contributed by atoms with E-state index in [0.717, 1.165) is 23.7 Å². The average molecular weight is 194 g/mol. The van der Waals surface area contributed by atoms with Crippen molar-refractivity contribution in [3.05, 3.63) is 0 Å². The Morgan fingerprint density at radius 3 is 2.57 bits per heavy atom. The molecule has 2 saturated carbocycles. The Labute approximate surface area is 89.5 Å². The summed E-state index contributed by atoms with van der Waals surface area (Å²) in [6.07, 6.45) is 12.1. The Morgan fingerprint density at radius 2 is 1.86 bits per heavy atom.